The second-order valence-electron chi connectivity index (χ2n) is 5.45. The van der Waals surface area contributed by atoms with Crippen molar-refractivity contribution in [1.82, 2.24) is 20.4 Å². The molecular weight excluding hydrogens is 436 g/mol. The third-order valence-corrected chi connectivity index (χ3v) is 7.24. The Morgan fingerprint density at radius 3 is 1.64 bits per heavy atom. The number of aromatic nitrogens is 4. The highest BCUT2D eigenvalue weighted by Crippen LogP contribution is 2.32. The summed E-state index contributed by atoms with van der Waals surface area (Å²) in [4.78, 5) is 22.2. The number of carbonyl (C=O) groups is 2. The molecule has 28 heavy (non-hydrogen) atoms. The van der Waals surface area contributed by atoms with Gasteiger partial charge in [0.15, 0.2) is 8.68 Å². The fraction of sp³-hybridized carbons (Fsp3) is 0.250. The number of rotatable bonds is 8. The Kier molecular flexibility index (Phi) is 7.36. The summed E-state index contributed by atoms with van der Waals surface area (Å²) in [5.41, 5.74) is 2.39. The van der Waals surface area contributed by atoms with E-state index in [-0.39, 0.29) is 11.8 Å². The minimum Gasteiger partial charge on any atom is -0.301 e. The third kappa shape index (κ3) is 6.26. The molecule has 0 saturated carbocycles. The van der Waals surface area contributed by atoms with E-state index in [9.17, 15) is 9.59 Å². The second kappa shape index (κ2) is 9.96. The summed E-state index contributed by atoms with van der Waals surface area (Å²) < 4.78 is 1.60. The van der Waals surface area contributed by atoms with Gasteiger partial charge < -0.3 is 10.6 Å². The number of benzene rings is 1. The van der Waals surface area contributed by atoms with E-state index in [1.807, 2.05) is 12.1 Å². The maximum Gasteiger partial charge on any atom is 0.223 e. The van der Waals surface area contributed by atoms with Crippen LogP contribution in [-0.4, -0.2) is 32.2 Å². The van der Waals surface area contributed by atoms with E-state index < -0.39 is 0 Å². The van der Waals surface area contributed by atoms with Gasteiger partial charge >= 0.3 is 0 Å². The Morgan fingerprint density at radius 1 is 0.821 bits per heavy atom. The van der Waals surface area contributed by atoms with Gasteiger partial charge in [-0.15, -0.1) is 20.4 Å². The molecule has 1 aromatic carbocycles. The van der Waals surface area contributed by atoms with Crippen LogP contribution >= 0.6 is 46.2 Å². The fourth-order valence-corrected chi connectivity index (χ4v) is 5.72. The van der Waals surface area contributed by atoms with Crippen LogP contribution in [0.4, 0.5) is 10.3 Å². The van der Waals surface area contributed by atoms with Crippen molar-refractivity contribution in [3.8, 4) is 0 Å². The number of carbonyl (C=O) groups excluding carboxylic acids is 2. The molecule has 0 saturated heterocycles. The van der Waals surface area contributed by atoms with Gasteiger partial charge in [-0.05, 0) is 11.1 Å². The average molecular weight is 453 g/mol. The topological polar surface area (TPSA) is 110 Å². The average Bonchev–Trinajstić information content (AvgIpc) is 3.27. The summed E-state index contributed by atoms with van der Waals surface area (Å²) in [6, 6.07) is 8.18. The van der Waals surface area contributed by atoms with Crippen LogP contribution in [0.2, 0.25) is 0 Å². The first kappa shape index (κ1) is 20.7. The zero-order valence-electron chi connectivity index (χ0n) is 15.0. The van der Waals surface area contributed by atoms with Crippen molar-refractivity contribution < 1.29 is 9.59 Å². The number of hydrogen-bond acceptors (Lipinski definition) is 10. The van der Waals surface area contributed by atoms with Crippen molar-refractivity contribution in [3.05, 3.63) is 35.4 Å². The molecule has 2 heterocycles. The molecule has 12 heteroatoms. The van der Waals surface area contributed by atoms with Gasteiger partial charge in [0.25, 0.3) is 0 Å². The molecule has 2 amide bonds. The summed E-state index contributed by atoms with van der Waals surface area (Å²) in [7, 11) is 0. The van der Waals surface area contributed by atoms with Crippen molar-refractivity contribution in [2.24, 2.45) is 0 Å². The molecule has 0 aliphatic carbocycles. The lowest BCUT2D eigenvalue weighted by Gasteiger charge is -2.07. The van der Waals surface area contributed by atoms with Crippen LogP contribution in [0.5, 0.6) is 0 Å². The van der Waals surface area contributed by atoms with Crippen LogP contribution in [0, 0.1) is 0 Å². The zero-order valence-corrected chi connectivity index (χ0v) is 18.2. The standard InChI is InChI=1S/C16H16N6O2S4/c1-9(23)17-13-19-21-15(27-13)25-7-11-5-3-4-6-12(11)8-26-16-22-20-14(28-16)18-10(2)24/h3-6H,7-8H2,1-2H3,(H,17,19,23)(H,18,20,24). The van der Waals surface area contributed by atoms with Gasteiger partial charge in [0.05, 0.1) is 0 Å². The van der Waals surface area contributed by atoms with Crippen molar-refractivity contribution in [3.63, 3.8) is 0 Å². The van der Waals surface area contributed by atoms with Gasteiger partial charge in [-0.25, -0.2) is 0 Å². The SMILES string of the molecule is CC(=O)Nc1nnc(SCc2ccccc2CSc2nnc(NC(C)=O)s2)s1. The normalized spacial score (nSPS) is 10.6. The van der Waals surface area contributed by atoms with Crippen molar-refractivity contribution in [2.45, 2.75) is 34.0 Å². The number of amides is 2. The Balaban J connectivity index is 1.58. The van der Waals surface area contributed by atoms with Crippen molar-refractivity contribution >= 4 is 68.3 Å². The first-order chi connectivity index (χ1) is 13.5. The van der Waals surface area contributed by atoms with Crippen LogP contribution in [-0.2, 0) is 21.1 Å². The summed E-state index contributed by atoms with van der Waals surface area (Å²) in [5.74, 6) is 1.18. The maximum atomic E-state index is 11.1. The lowest BCUT2D eigenvalue weighted by Crippen LogP contribution is -2.04. The van der Waals surface area contributed by atoms with Gasteiger partial charge in [0.1, 0.15) is 0 Å². The summed E-state index contributed by atoms with van der Waals surface area (Å²) >= 11 is 5.87. The zero-order chi connectivity index (χ0) is 19.9. The van der Waals surface area contributed by atoms with Gasteiger partial charge in [-0.3, -0.25) is 9.59 Å². The van der Waals surface area contributed by atoms with Crippen LogP contribution < -0.4 is 10.6 Å². The van der Waals surface area contributed by atoms with E-state index in [0.717, 1.165) is 20.2 Å². The van der Waals surface area contributed by atoms with Crippen molar-refractivity contribution in [1.29, 1.82) is 0 Å². The Hall–Kier alpha value is -2.02. The second-order valence-corrected chi connectivity index (χ2v) is 9.85. The van der Waals surface area contributed by atoms with Gasteiger partial charge in [0.2, 0.25) is 22.1 Å². The highest BCUT2D eigenvalue weighted by Gasteiger charge is 2.10. The predicted molar refractivity (Wildman–Crippen MR) is 114 cm³/mol. The molecule has 8 nitrogen and oxygen atoms in total. The summed E-state index contributed by atoms with van der Waals surface area (Å²) in [5, 5.41) is 22.4. The fourth-order valence-electron chi connectivity index (χ4n) is 2.06. The Morgan fingerprint density at radius 2 is 1.25 bits per heavy atom. The molecule has 3 rings (SSSR count). The molecule has 0 unspecified atom stereocenters. The molecule has 0 aliphatic heterocycles. The lowest BCUT2D eigenvalue weighted by molar-refractivity contribution is -0.115. The predicted octanol–water partition coefficient (Wildman–Crippen LogP) is 3.89. The third-order valence-electron chi connectivity index (χ3n) is 3.20. The molecule has 0 radical (unpaired) electrons. The monoisotopic (exact) mass is 452 g/mol. The first-order valence-corrected chi connectivity index (χ1v) is 11.6. The van der Waals surface area contributed by atoms with Crippen molar-refractivity contribution in [2.75, 3.05) is 10.6 Å². The Labute approximate surface area is 178 Å². The lowest BCUT2D eigenvalue weighted by atomic mass is 10.1. The maximum absolute atomic E-state index is 11.1. The molecule has 2 N–H and O–H groups in total. The van der Waals surface area contributed by atoms with Gasteiger partial charge in [0, 0.05) is 25.4 Å². The van der Waals surface area contributed by atoms with Gasteiger partial charge in [-0.1, -0.05) is 70.5 Å². The molecule has 0 atom stereocenters. The van der Waals surface area contributed by atoms with Crippen LogP contribution in [0.25, 0.3) is 0 Å². The van der Waals surface area contributed by atoms with E-state index in [2.05, 4.69) is 43.2 Å². The largest absolute Gasteiger partial charge is 0.301 e. The molecule has 0 fully saturated rings. The molecule has 3 aromatic rings. The molecule has 0 bridgehead atoms. The quantitative estimate of drug-likeness (QED) is 0.391. The van der Waals surface area contributed by atoms with E-state index in [1.165, 1.54) is 47.6 Å². The molecule has 0 aliphatic rings. The minimum absolute atomic E-state index is 0.159. The molecule has 146 valence electrons. The number of nitrogens with zero attached hydrogens (tertiary/aromatic N) is 4. The summed E-state index contributed by atoms with van der Waals surface area (Å²) in [6.07, 6.45) is 0. The molecule has 2 aromatic heterocycles. The van der Waals surface area contributed by atoms with Crippen LogP contribution in [0.3, 0.4) is 0 Å². The molecule has 0 spiro atoms. The highest BCUT2D eigenvalue weighted by molar-refractivity contribution is 8.00. The Bertz CT molecular complexity index is 896. The van der Waals surface area contributed by atoms with E-state index in [0.29, 0.717) is 10.3 Å². The molecular formula is C16H16N6O2S4. The number of thioether (sulfide) groups is 2. The minimum atomic E-state index is -0.159. The number of nitrogens with one attached hydrogen (secondary N) is 2. The van der Waals surface area contributed by atoms with Crippen LogP contribution in [0.15, 0.2) is 32.9 Å². The number of anilines is 2. The van der Waals surface area contributed by atoms with E-state index in [4.69, 9.17) is 0 Å². The van der Waals surface area contributed by atoms with Crippen LogP contribution in [0.1, 0.15) is 25.0 Å². The smallest absolute Gasteiger partial charge is 0.223 e. The van der Waals surface area contributed by atoms with E-state index >= 15 is 0 Å². The highest BCUT2D eigenvalue weighted by atomic mass is 32.2. The first-order valence-electron chi connectivity index (χ1n) is 8.04. The number of hydrogen-bond donors (Lipinski definition) is 2. The van der Waals surface area contributed by atoms with E-state index in [1.54, 1.807) is 23.5 Å². The van der Waals surface area contributed by atoms with Gasteiger partial charge in [-0.2, -0.15) is 0 Å². The summed E-state index contributed by atoms with van der Waals surface area (Å²) in [6.45, 7) is 2.89.